The van der Waals surface area contributed by atoms with E-state index in [1.807, 2.05) is 12.1 Å². The Morgan fingerprint density at radius 3 is 2.83 bits per heavy atom. The lowest BCUT2D eigenvalue weighted by Gasteiger charge is -2.14. The molecule has 2 aromatic carbocycles. The molecule has 0 radical (unpaired) electrons. The van der Waals surface area contributed by atoms with Crippen LogP contribution in [0.1, 0.15) is 17.2 Å². The summed E-state index contributed by atoms with van der Waals surface area (Å²) >= 11 is 3.22. The van der Waals surface area contributed by atoms with Gasteiger partial charge in [0.05, 0.1) is 17.6 Å². The second-order valence-electron chi connectivity index (χ2n) is 5.26. The fourth-order valence-corrected chi connectivity index (χ4v) is 4.50. The zero-order chi connectivity index (χ0) is 16.4. The molecule has 0 saturated carbocycles. The van der Waals surface area contributed by atoms with Crippen molar-refractivity contribution in [3.05, 3.63) is 58.1 Å². The number of benzene rings is 2. The van der Waals surface area contributed by atoms with Crippen molar-refractivity contribution in [2.45, 2.75) is 17.4 Å². The maximum atomic E-state index is 12.3. The molecule has 0 fully saturated rings. The van der Waals surface area contributed by atoms with Gasteiger partial charge in [-0.1, -0.05) is 18.2 Å². The first-order valence-electron chi connectivity index (χ1n) is 7.15. The number of aliphatic hydroxyl groups is 1. The number of halogens is 1. The predicted octanol–water partition coefficient (Wildman–Crippen LogP) is 2.40. The van der Waals surface area contributed by atoms with Gasteiger partial charge in [0.2, 0.25) is 10.0 Å². The smallest absolute Gasteiger partial charge is 0.241 e. The summed E-state index contributed by atoms with van der Waals surface area (Å²) in [5.74, 6) is 0.828. The molecule has 0 amide bonds. The van der Waals surface area contributed by atoms with Crippen LogP contribution in [0.2, 0.25) is 0 Å². The lowest BCUT2D eigenvalue weighted by atomic mass is 10.0. The topological polar surface area (TPSA) is 75.6 Å². The van der Waals surface area contributed by atoms with Crippen molar-refractivity contribution in [1.82, 2.24) is 4.72 Å². The van der Waals surface area contributed by atoms with Crippen molar-refractivity contribution in [2.24, 2.45) is 0 Å². The molecule has 2 aromatic rings. The van der Waals surface area contributed by atoms with E-state index in [0.717, 1.165) is 17.7 Å². The van der Waals surface area contributed by atoms with E-state index in [-0.39, 0.29) is 11.4 Å². The van der Waals surface area contributed by atoms with E-state index in [4.69, 9.17) is 4.74 Å². The van der Waals surface area contributed by atoms with E-state index >= 15 is 0 Å². The van der Waals surface area contributed by atoms with E-state index < -0.39 is 16.1 Å². The number of ether oxygens (including phenoxy) is 1. The van der Waals surface area contributed by atoms with E-state index in [0.29, 0.717) is 16.6 Å². The molecule has 122 valence electrons. The average Bonchev–Trinajstić information content (AvgIpc) is 3.00. The Hall–Kier alpha value is -1.41. The molecule has 1 unspecified atom stereocenters. The number of hydrogen-bond acceptors (Lipinski definition) is 4. The van der Waals surface area contributed by atoms with Crippen LogP contribution in [0.5, 0.6) is 5.75 Å². The summed E-state index contributed by atoms with van der Waals surface area (Å²) in [5.41, 5.74) is 1.71. The van der Waals surface area contributed by atoms with Gasteiger partial charge in [-0.05, 0) is 51.3 Å². The maximum absolute atomic E-state index is 12.3. The fourth-order valence-electron chi connectivity index (χ4n) is 2.46. The fraction of sp³-hybridized carbons (Fsp3) is 0.250. The molecule has 0 bridgehead atoms. The summed E-state index contributed by atoms with van der Waals surface area (Å²) in [6.07, 6.45) is -0.114. The average molecular weight is 398 g/mol. The van der Waals surface area contributed by atoms with Gasteiger partial charge < -0.3 is 9.84 Å². The molecule has 0 spiro atoms. The van der Waals surface area contributed by atoms with Crippen molar-refractivity contribution in [3.63, 3.8) is 0 Å². The van der Waals surface area contributed by atoms with Gasteiger partial charge >= 0.3 is 0 Å². The van der Waals surface area contributed by atoms with Crippen molar-refractivity contribution in [2.75, 3.05) is 13.2 Å². The quantitative estimate of drug-likeness (QED) is 0.811. The van der Waals surface area contributed by atoms with Crippen molar-refractivity contribution >= 4 is 26.0 Å². The number of nitrogens with one attached hydrogen (secondary N) is 1. The second kappa shape index (κ2) is 6.60. The Morgan fingerprint density at radius 1 is 1.26 bits per heavy atom. The Bertz CT molecular complexity index is 823. The Kier molecular flexibility index (Phi) is 4.72. The van der Waals surface area contributed by atoms with Crippen LogP contribution in [-0.2, 0) is 16.4 Å². The van der Waals surface area contributed by atoms with Crippen molar-refractivity contribution in [3.8, 4) is 5.75 Å². The van der Waals surface area contributed by atoms with Crippen LogP contribution in [0.25, 0.3) is 0 Å². The van der Waals surface area contributed by atoms with Gasteiger partial charge in [-0.25, -0.2) is 13.1 Å². The Morgan fingerprint density at radius 2 is 2.04 bits per heavy atom. The van der Waals surface area contributed by atoms with Gasteiger partial charge in [-0.3, -0.25) is 0 Å². The van der Waals surface area contributed by atoms with E-state index in [2.05, 4.69) is 20.7 Å². The molecule has 23 heavy (non-hydrogen) atoms. The number of fused-ring (bicyclic) bond motifs is 1. The summed E-state index contributed by atoms with van der Waals surface area (Å²) in [6.45, 7) is 0.548. The molecule has 1 aliphatic rings. The van der Waals surface area contributed by atoms with Gasteiger partial charge in [0.1, 0.15) is 5.75 Å². The molecule has 0 aromatic heterocycles. The first kappa shape index (κ1) is 16.4. The van der Waals surface area contributed by atoms with E-state index in [1.54, 1.807) is 24.3 Å². The lowest BCUT2D eigenvalue weighted by Crippen LogP contribution is -2.28. The third kappa shape index (κ3) is 3.58. The molecule has 2 N–H and O–H groups in total. The summed E-state index contributed by atoms with van der Waals surface area (Å²) in [6, 6.07) is 12.0. The minimum atomic E-state index is -3.69. The molecule has 1 atom stereocenters. The Balaban J connectivity index is 1.71. The minimum Gasteiger partial charge on any atom is -0.493 e. The van der Waals surface area contributed by atoms with Crippen LogP contribution in [0.15, 0.2) is 51.8 Å². The monoisotopic (exact) mass is 397 g/mol. The van der Waals surface area contributed by atoms with Crippen LogP contribution < -0.4 is 9.46 Å². The van der Waals surface area contributed by atoms with Gasteiger partial charge in [-0.2, -0.15) is 0 Å². The SMILES string of the molecule is O=S(=O)(NCC(O)c1ccc2c(c1)CCO2)c1ccccc1Br. The van der Waals surface area contributed by atoms with Gasteiger partial charge in [0, 0.05) is 17.4 Å². The number of sulfonamides is 1. The van der Waals surface area contributed by atoms with Crippen LogP contribution >= 0.6 is 15.9 Å². The van der Waals surface area contributed by atoms with Gasteiger partial charge in [0.25, 0.3) is 0 Å². The van der Waals surface area contributed by atoms with E-state index in [9.17, 15) is 13.5 Å². The third-order valence-electron chi connectivity index (χ3n) is 3.69. The molecule has 0 aliphatic carbocycles. The maximum Gasteiger partial charge on any atom is 0.241 e. The summed E-state index contributed by atoms with van der Waals surface area (Å²) in [4.78, 5) is 0.148. The number of rotatable bonds is 5. The van der Waals surface area contributed by atoms with Gasteiger partial charge in [0.15, 0.2) is 0 Å². The highest BCUT2D eigenvalue weighted by atomic mass is 79.9. The molecular weight excluding hydrogens is 382 g/mol. The normalized spacial score (nSPS) is 15.0. The zero-order valence-corrected chi connectivity index (χ0v) is 14.6. The van der Waals surface area contributed by atoms with Crippen LogP contribution in [0, 0.1) is 0 Å². The Labute approximate surface area is 143 Å². The highest BCUT2D eigenvalue weighted by Gasteiger charge is 2.20. The first-order chi connectivity index (χ1) is 11.0. The summed E-state index contributed by atoms with van der Waals surface area (Å²) in [7, 11) is -3.69. The largest absolute Gasteiger partial charge is 0.493 e. The van der Waals surface area contributed by atoms with Crippen LogP contribution in [0.3, 0.4) is 0 Å². The molecule has 0 saturated heterocycles. The van der Waals surface area contributed by atoms with Crippen molar-refractivity contribution in [1.29, 1.82) is 0 Å². The highest BCUT2D eigenvalue weighted by Crippen LogP contribution is 2.28. The number of hydrogen-bond donors (Lipinski definition) is 2. The second-order valence-corrected chi connectivity index (χ2v) is 7.85. The molecule has 1 aliphatic heterocycles. The highest BCUT2D eigenvalue weighted by molar-refractivity contribution is 9.10. The molecular formula is C16H16BrNO4S. The zero-order valence-electron chi connectivity index (χ0n) is 12.2. The molecule has 3 rings (SSSR count). The summed E-state index contributed by atoms with van der Waals surface area (Å²) < 4.78 is 33.0. The predicted molar refractivity (Wildman–Crippen MR) is 89.9 cm³/mol. The lowest BCUT2D eigenvalue weighted by molar-refractivity contribution is 0.182. The van der Waals surface area contributed by atoms with E-state index in [1.165, 1.54) is 6.07 Å². The number of aliphatic hydroxyl groups excluding tert-OH is 1. The first-order valence-corrected chi connectivity index (χ1v) is 9.43. The van der Waals surface area contributed by atoms with Crippen LogP contribution in [0.4, 0.5) is 0 Å². The molecule has 5 nitrogen and oxygen atoms in total. The molecule has 7 heteroatoms. The standard InChI is InChI=1S/C16H16BrNO4S/c17-13-3-1-2-4-16(13)23(20,21)18-10-14(19)11-5-6-15-12(9-11)7-8-22-15/h1-6,9,14,18-19H,7-8,10H2. The molecule has 1 heterocycles. The van der Waals surface area contributed by atoms with Crippen molar-refractivity contribution < 1.29 is 18.3 Å². The minimum absolute atomic E-state index is 0.0939. The third-order valence-corrected chi connectivity index (χ3v) is 6.13. The van der Waals surface area contributed by atoms with Crippen LogP contribution in [-0.4, -0.2) is 26.7 Å². The van der Waals surface area contributed by atoms with Gasteiger partial charge in [-0.15, -0.1) is 0 Å². The summed E-state index contributed by atoms with van der Waals surface area (Å²) in [5, 5.41) is 10.3.